The summed E-state index contributed by atoms with van der Waals surface area (Å²) in [6.07, 6.45) is -2.42. The predicted molar refractivity (Wildman–Crippen MR) is 24.5 cm³/mol. The fourth-order valence-corrected chi connectivity index (χ4v) is 0. The molecule has 3 nitrogen and oxygen atoms in total. The fraction of sp³-hybridized carbons (Fsp3) is 0.500. The molecule has 0 fully saturated rings. The largest absolute Gasteiger partial charge is 1.00 e. The summed E-state index contributed by atoms with van der Waals surface area (Å²) in [5.74, 6) is 0. The summed E-state index contributed by atoms with van der Waals surface area (Å²) in [5.41, 5.74) is 0. The quantitative estimate of drug-likeness (QED) is 0.256. The van der Waals surface area contributed by atoms with Gasteiger partial charge >= 0.3 is 26.8 Å². The van der Waals surface area contributed by atoms with E-state index in [0.29, 0.717) is 0 Å². The zero-order chi connectivity index (χ0) is 8.08. The van der Waals surface area contributed by atoms with Gasteiger partial charge in [-0.3, -0.25) is 16.7 Å². The van der Waals surface area contributed by atoms with E-state index in [1.165, 1.54) is 0 Å². The van der Waals surface area contributed by atoms with Crippen molar-refractivity contribution in [2.45, 2.75) is 6.43 Å². The van der Waals surface area contributed by atoms with Gasteiger partial charge in [-0.15, -0.1) is 4.20 Å². The summed E-state index contributed by atoms with van der Waals surface area (Å²) < 4.78 is 39.5. The van der Waals surface area contributed by atoms with Gasteiger partial charge in [0.2, 0.25) is 0 Å². The Hall–Kier alpha value is 0.537. The first-order valence-corrected chi connectivity index (χ1v) is 3.10. The van der Waals surface area contributed by atoms with Gasteiger partial charge in [0.05, 0.1) is 0 Å². The maximum atomic E-state index is 10.4. The predicted octanol–water partition coefficient (Wildman–Crippen LogP) is -1.86. The third-order valence-corrected chi connectivity index (χ3v) is 0. The van der Waals surface area contributed by atoms with Crippen LogP contribution in [0.25, 0.3) is 0 Å². The van der Waals surface area contributed by atoms with Crippen LogP contribution in [0.4, 0.5) is 13.0 Å². The molecule has 0 aromatic carbocycles. The summed E-state index contributed by atoms with van der Waals surface area (Å²) in [5, 5.41) is 0. The first-order valence-electron chi connectivity index (χ1n) is 1.60. The van der Waals surface area contributed by atoms with Crippen molar-refractivity contribution in [3.05, 3.63) is 6.92 Å². The second-order valence-corrected chi connectivity index (χ2v) is 1.81. The van der Waals surface area contributed by atoms with E-state index in [1.54, 1.807) is 0 Å². The Balaban J connectivity index is -0.0000000910. The summed E-state index contributed by atoms with van der Waals surface area (Å²) in [6, 6.07) is 0. The van der Waals surface area contributed by atoms with E-state index >= 15 is 0 Å². The number of hydrogen-bond donors (Lipinski definition) is 2. The molecule has 0 unspecified atom stereocenters. The Morgan fingerprint density at radius 2 is 1.40 bits per heavy atom. The minimum Gasteiger partial charge on any atom is -0.299 e. The van der Waals surface area contributed by atoms with Crippen LogP contribution in [0.15, 0.2) is 0 Å². The Labute approximate surface area is 68.1 Å². The molecule has 2 N–H and O–H groups in total. The van der Waals surface area contributed by atoms with Crippen molar-refractivity contribution >= 4 is 7.91 Å². The van der Waals surface area contributed by atoms with Crippen LogP contribution in [-0.2, 0) is 4.57 Å². The van der Waals surface area contributed by atoms with Crippen LogP contribution in [-0.4, -0.2) is 16.2 Å². The fourth-order valence-electron chi connectivity index (χ4n) is 0. The number of halogens is 3. The SMILES string of the molecule is O=P(O)(O)F.[CH2-]C(F)F.[Li+]. The van der Waals surface area contributed by atoms with Gasteiger partial charge in [0.1, 0.15) is 6.43 Å². The van der Waals surface area contributed by atoms with E-state index < -0.39 is 14.3 Å². The molecule has 58 valence electrons. The molecule has 0 bridgehead atoms. The van der Waals surface area contributed by atoms with Gasteiger partial charge in [0.25, 0.3) is 0 Å². The van der Waals surface area contributed by atoms with Crippen molar-refractivity contribution in [2.75, 3.05) is 0 Å². The van der Waals surface area contributed by atoms with Crippen LogP contribution in [0.1, 0.15) is 0 Å². The molecule has 0 aromatic rings. The molecule has 0 saturated carbocycles. The van der Waals surface area contributed by atoms with E-state index in [1.807, 2.05) is 0 Å². The molecule has 0 rings (SSSR count). The van der Waals surface area contributed by atoms with Crippen LogP contribution in [0, 0.1) is 6.92 Å². The van der Waals surface area contributed by atoms with E-state index in [-0.39, 0.29) is 18.9 Å². The van der Waals surface area contributed by atoms with Gasteiger partial charge < -0.3 is 0 Å². The molecule has 0 amide bonds. The molecular formula is C2H5F3LiO3P. The maximum Gasteiger partial charge on any atom is 1.00 e. The average molecular weight is 172 g/mol. The van der Waals surface area contributed by atoms with Crippen molar-refractivity contribution < 1.29 is 46.2 Å². The van der Waals surface area contributed by atoms with Crippen molar-refractivity contribution in [3.8, 4) is 0 Å². The standard InChI is InChI=1S/C2H3F2.FH2O3P.Li/c1-2(3)4;1-5(2,3)4;/h2H,1H2;(H2,2,3,4);/q-1;;+1. The first-order chi connectivity index (χ1) is 3.73. The minimum absolute atomic E-state index is 0. The van der Waals surface area contributed by atoms with Crippen molar-refractivity contribution in [1.82, 2.24) is 0 Å². The average Bonchev–Trinajstić information content (AvgIpc) is 1.19. The molecule has 0 aliphatic carbocycles. The third-order valence-electron chi connectivity index (χ3n) is 0. The van der Waals surface area contributed by atoms with Crippen LogP contribution in [0.2, 0.25) is 0 Å². The van der Waals surface area contributed by atoms with Crippen molar-refractivity contribution in [2.24, 2.45) is 0 Å². The number of alkyl halides is 2. The molecule has 0 spiro atoms. The van der Waals surface area contributed by atoms with E-state index in [0.717, 1.165) is 0 Å². The minimum atomic E-state index is -5.14. The van der Waals surface area contributed by atoms with Gasteiger partial charge in [-0.05, 0) is 0 Å². The summed E-state index contributed by atoms with van der Waals surface area (Å²) >= 11 is 0. The molecular weight excluding hydrogens is 167 g/mol. The Bertz CT molecular complexity index is 92.9. The van der Waals surface area contributed by atoms with Crippen LogP contribution < -0.4 is 18.9 Å². The first kappa shape index (κ1) is 16.9. The van der Waals surface area contributed by atoms with Crippen LogP contribution in [0.3, 0.4) is 0 Å². The van der Waals surface area contributed by atoms with Gasteiger partial charge in [0, 0.05) is 0 Å². The monoisotopic (exact) mass is 172 g/mol. The van der Waals surface area contributed by atoms with Crippen molar-refractivity contribution in [1.29, 1.82) is 0 Å². The van der Waals surface area contributed by atoms with E-state index in [4.69, 9.17) is 14.4 Å². The molecule has 0 aliphatic heterocycles. The Morgan fingerprint density at radius 1 is 1.40 bits per heavy atom. The summed E-state index contributed by atoms with van der Waals surface area (Å²) in [6.45, 7) is 2.31. The molecule has 0 atom stereocenters. The van der Waals surface area contributed by atoms with Crippen molar-refractivity contribution in [3.63, 3.8) is 0 Å². The summed E-state index contributed by atoms with van der Waals surface area (Å²) in [4.78, 5) is 13.9. The van der Waals surface area contributed by atoms with Gasteiger partial charge in [-0.1, -0.05) is 0 Å². The van der Waals surface area contributed by atoms with E-state index in [2.05, 4.69) is 6.92 Å². The Kier molecular flexibility index (Phi) is 12.9. The van der Waals surface area contributed by atoms with Crippen LogP contribution in [0.5, 0.6) is 0 Å². The zero-order valence-electron chi connectivity index (χ0n) is 5.17. The van der Waals surface area contributed by atoms with Gasteiger partial charge in [0.15, 0.2) is 0 Å². The second-order valence-electron chi connectivity index (χ2n) is 0.864. The molecule has 0 aliphatic rings. The van der Waals surface area contributed by atoms with Gasteiger partial charge in [-0.25, -0.2) is 13.3 Å². The smallest absolute Gasteiger partial charge is 0.299 e. The van der Waals surface area contributed by atoms with Crippen LogP contribution >= 0.6 is 7.91 Å². The molecule has 8 heteroatoms. The van der Waals surface area contributed by atoms with Gasteiger partial charge in [-0.2, -0.15) is 0 Å². The van der Waals surface area contributed by atoms with E-state index in [9.17, 15) is 13.0 Å². The molecule has 0 heterocycles. The second kappa shape index (κ2) is 7.64. The topological polar surface area (TPSA) is 57.5 Å². The third kappa shape index (κ3) is 1680. The molecule has 0 radical (unpaired) electrons. The number of hydrogen-bond acceptors (Lipinski definition) is 1. The normalized spacial score (nSPS) is 9.50. The zero-order valence-corrected chi connectivity index (χ0v) is 6.06. The molecule has 10 heavy (non-hydrogen) atoms. The Morgan fingerprint density at radius 3 is 1.40 bits per heavy atom. The molecule has 0 saturated heterocycles. The summed E-state index contributed by atoms with van der Waals surface area (Å²) in [7, 11) is -5.14. The maximum absolute atomic E-state index is 10.4. The number of rotatable bonds is 0. The molecule has 0 aromatic heterocycles.